The zero-order chi connectivity index (χ0) is 22.4. The van der Waals surface area contributed by atoms with E-state index < -0.39 is 0 Å². The van der Waals surface area contributed by atoms with Crippen molar-refractivity contribution >= 4 is 40.7 Å². The lowest BCUT2D eigenvalue weighted by atomic mass is 10.1. The number of para-hydroxylation sites is 1. The van der Waals surface area contributed by atoms with Gasteiger partial charge in [0.1, 0.15) is 5.82 Å². The van der Waals surface area contributed by atoms with Gasteiger partial charge in [-0.25, -0.2) is 0 Å². The van der Waals surface area contributed by atoms with Gasteiger partial charge in [0, 0.05) is 12.6 Å². The zero-order valence-corrected chi connectivity index (χ0v) is 18.8. The SMILES string of the molecule is COc1ccc(C(=O)CSc2nnc(CC(=O)Nc3ccccc3Cl)n2C)cc1OC. The van der Waals surface area contributed by atoms with E-state index in [1.54, 1.807) is 54.1 Å². The van der Waals surface area contributed by atoms with Crippen molar-refractivity contribution in [3.05, 3.63) is 58.9 Å². The molecule has 1 N–H and O–H groups in total. The van der Waals surface area contributed by atoms with Gasteiger partial charge in [-0.1, -0.05) is 35.5 Å². The van der Waals surface area contributed by atoms with Gasteiger partial charge in [-0.2, -0.15) is 0 Å². The molecular formula is C21H21ClN4O4S. The summed E-state index contributed by atoms with van der Waals surface area (Å²) in [5.41, 5.74) is 1.04. The number of amides is 1. The summed E-state index contributed by atoms with van der Waals surface area (Å²) >= 11 is 7.31. The number of Topliss-reactive ketones (excluding diaryl/α,β-unsaturated/α-hetero) is 1. The van der Waals surface area contributed by atoms with Crippen LogP contribution in [0.2, 0.25) is 5.02 Å². The molecule has 1 amide bonds. The fourth-order valence-corrected chi connectivity index (χ4v) is 3.76. The van der Waals surface area contributed by atoms with E-state index in [0.29, 0.717) is 38.8 Å². The van der Waals surface area contributed by atoms with E-state index in [9.17, 15) is 9.59 Å². The van der Waals surface area contributed by atoms with Gasteiger partial charge < -0.3 is 19.4 Å². The molecule has 0 bridgehead atoms. The maximum absolute atomic E-state index is 12.6. The smallest absolute Gasteiger partial charge is 0.232 e. The van der Waals surface area contributed by atoms with Crippen LogP contribution in [0.3, 0.4) is 0 Å². The van der Waals surface area contributed by atoms with Crippen LogP contribution in [-0.4, -0.2) is 46.4 Å². The first-order valence-electron chi connectivity index (χ1n) is 9.23. The molecule has 3 rings (SSSR count). The Labute approximate surface area is 188 Å². The lowest BCUT2D eigenvalue weighted by Gasteiger charge is -2.09. The number of ether oxygens (including phenoxy) is 2. The van der Waals surface area contributed by atoms with Crippen molar-refractivity contribution < 1.29 is 19.1 Å². The highest BCUT2D eigenvalue weighted by Crippen LogP contribution is 2.28. The van der Waals surface area contributed by atoms with Crippen LogP contribution in [0.5, 0.6) is 11.5 Å². The van der Waals surface area contributed by atoms with Crippen LogP contribution in [-0.2, 0) is 18.3 Å². The van der Waals surface area contributed by atoms with E-state index in [2.05, 4.69) is 15.5 Å². The van der Waals surface area contributed by atoms with Gasteiger partial charge in [-0.05, 0) is 30.3 Å². The Hall–Kier alpha value is -3.04. The minimum atomic E-state index is -0.262. The number of hydrogen-bond acceptors (Lipinski definition) is 7. The average Bonchev–Trinajstić information content (AvgIpc) is 3.12. The maximum atomic E-state index is 12.6. The summed E-state index contributed by atoms with van der Waals surface area (Å²) in [6, 6.07) is 12.0. The summed E-state index contributed by atoms with van der Waals surface area (Å²) in [5, 5.41) is 11.9. The summed E-state index contributed by atoms with van der Waals surface area (Å²) in [6.45, 7) is 0. The Kier molecular flexibility index (Phi) is 7.54. The van der Waals surface area contributed by atoms with Crippen LogP contribution < -0.4 is 14.8 Å². The van der Waals surface area contributed by atoms with E-state index >= 15 is 0 Å². The van der Waals surface area contributed by atoms with Crippen LogP contribution in [0, 0.1) is 0 Å². The van der Waals surface area contributed by atoms with Crippen LogP contribution in [0.1, 0.15) is 16.2 Å². The van der Waals surface area contributed by atoms with Gasteiger partial charge in [0.25, 0.3) is 0 Å². The highest BCUT2D eigenvalue weighted by molar-refractivity contribution is 7.99. The third-order valence-electron chi connectivity index (χ3n) is 4.43. The first-order chi connectivity index (χ1) is 14.9. The number of ketones is 1. The molecule has 0 aliphatic carbocycles. The van der Waals surface area contributed by atoms with Crippen molar-refractivity contribution in [2.24, 2.45) is 7.05 Å². The van der Waals surface area contributed by atoms with Crippen molar-refractivity contribution in [2.75, 3.05) is 25.3 Å². The van der Waals surface area contributed by atoms with Crippen molar-refractivity contribution in [1.82, 2.24) is 14.8 Å². The lowest BCUT2D eigenvalue weighted by molar-refractivity contribution is -0.115. The molecule has 0 spiro atoms. The molecule has 0 fully saturated rings. The van der Waals surface area contributed by atoms with E-state index in [4.69, 9.17) is 21.1 Å². The minimum Gasteiger partial charge on any atom is -0.493 e. The Morgan fingerprint density at radius 3 is 2.55 bits per heavy atom. The average molecular weight is 461 g/mol. The van der Waals surface area contributed by atoms with Crippen LogP contribution >= 0.6 is 23.4 Å². The number of methoxy groups -OCH3 is 2. The Morgan fingerprint density at radius 1 is 1.10 bits per heavy atom. The van der Waals surface area contributed by atoms with Crippen molar-refractivity contribution in [3.63, 3.8) is 0 Å². The van der Waals surface area contributed by atoms with E-state index in [-0.39, 0.29) is 23.9 Å². The van der Waals surface area contributed by atoms with Crippen LogP contribution in [0.4, 0.5) is 5.69 Å². The molecule has 2 aromatic carbocycles. The molecule has 3 aromatic rings. The number of aromatic nitrogens is 3. The standard InChI is InChI=1S/C21H21ClN4O4S/c1-26-19(11-20(28)23-15-7-5-4-6-14(15)22)24-25-21(26)31-12-16(27)13-8-9-17(29-2)18(10-13)30-3/h4-10H,11-12H2,1-3H3,(H,23,28). The van der Waals surface area contributed by atoms with Gasteiger partial charge in [0.15, 0.2) is 22.4 Å². The van der Waals surface area contributed by atoms with Gasteiger partial charge >= 0.3 is 0 Å². The largest absolute Gasteiger partial charge is 0.493 e. The fraction of sp³-hybridized carbons (Fsp3) is 0.238. The zero-order valence-electron chi connectivity index (χ0n) is 17.2. The third-order valence-corrected chi connectivity index (χ3v) is 5.78. The highest BCUT2D eigenvalue weighted by atomic mass is 35.5. The van der Waals surface area contributed by atoms with Crippen molar-refractivity contribution in [2.45, 2.75) is 11.6 Å². The molecule has 1 aromatic heterocycles. The predicted octanol–water partition coefficient (Wildman–Crippen LogP) is 3.64. The van der Waals surface area contributed by atoms with E-state index in [0.717, 1.165) is 0 Å². The quantitative estimate of drug-likeness (QED) is 0.384. The third kappa shape index (κ3) is 5.56. The summed E-state index contributed by atoms with van der Waals surface area (Å²) < 4.78 is 12.1. The fourth-order valence-electron chi connectivity index (χ4n) is 2.75. The Balaban J connectivity index is 1.61. The molecule has 0 atom stereocenters. The first kappa shape index (κ1) is 22.6. The predicted molar refractivity (Wildman–Crippen MR) is 119 cm³/mol. The minimum absolute atomic E-state index is 0.0267. The van der Waals surface area contributed by atoms with Crippen LogP contribution in [0.25, 0.3) is 0 Å². The van der Waals surface area contributed by atoms with Crippen molar-refractivity contribution in [3.8, 4) is 11.5 Å². The molecule has 0 aliphatic rings. The number of halogens is 1. The van der Waals surface area contributed by atoms with Gasteiger partial charge in [-0.3, -0.25) is 9.59 Å². The molecule has 31 heavy (non-hydrogen) atoms. The van der Waals surface area contributed by atoms with Crippen molar-refractivity contribution in [1.29, 1.82) is 0 Å². The number of rotatable bonds is 9. The van der Waals surface area contributed by atoms with Gasteiger partial charge in [0.2, 0.25) is 5.91 Å². The second kappa shape index (κ2) is 10.3. The van der Waals surface area contributed by atoms with Gasteiger partial charge in [0.05, 0.1) is 37.1 Å². The molecule has 8 nitrogen and oxygen atoms in total. The molecule has 162 valence electrons. The molecule has 0 saturated carbocycles. The molecule has 1 heterocycles. The Bertz CT molecular complexity index is 1100. The van der Waals surface area contributed by atoms with E-state index in [1.165, 1.54) is 26.0 Å². The number of hydrogen-bond donors (Lipinski definition) is 1. The second-order valence-corrected chi connectivity index (χ2v) is 7.79. The monoisotopic (exact) mass is 460 g/mol. The molecule has 0 unspecified atom stereocenters. The number of nitrogens with one attached hydrogen (secondary N) is 1. The summed E-state index contributed by atoms with van der Waals surface area (Å²) in [5.74, 6) is 1.33. The van der Waals surface area contributed by atoms with Gasteiger partial charge in [-0.15, -0.1) is 10.2 Å². The first-order valence-corrected chi connectivity index (χ1v) is 10.6. The number of nitrogens with zero attached hydrogens (tertiary/aromatic N) is 3. The molecule has 10 heteroatoms. The summed E-state index contributed by atoms with van der Waals surface area (Å²) in [4.78, 5) is 24.9. The van der Waals surface area contributed by atoms with Crippen LogP contribution in [0.15, 0.2) is 47.6 Å². The number of benzene rings is 2. The second-order valence-electron chi connectivity index (χ2n) is 6.44. The number of anilines is 1. The number of thioether (sulfide) groups is 1. The molecule has 0 saturated heterocycles. The molecule has 0 aliphatic heterocycles. The Morgan fingerprint density at radius 2 is 1.84 bits per heavy atom. The summed E-state index contributed by atoms with van der Waals surface area (Å²) in [7, 11) is 4.81. The summed E-state index contributed by atoms with van der Waals surface area (Å²) in [6.07, 6.45) is 0.0267. The normalized spacial score (nSPS) is 10.6. The highest BCUT2D eigenvalue weighted by Gasteiger charge is 2.16. The topological polar surface area (TPSA) is 95.3 Å². The lowest BCUT2D eigenvalue weighted by Crippen LogP contribution is -2.17. The maximum Gasteiger partial charge on any atom is 0.232 e. The molecular weight excluding hydrogens is 440 g/mol. The van der Waals surface area contributed by atoms with E-state index in [1.807, 2.05) is 0 Å². The number of carbonyl (C=O) groups is 2. The molecule has 0 radical (unpaired) electrons. The number of carbonyl (C=O) groups excluding carboxylic acids is 2.